The van der Waals surface area contributed by atoms with Crippen molar-refractivity contribution in [3.8, 4) is 0 Å². The summed E-state index contributed by atoms with van der Waals surface area (Å²) in [5.41, 5.74) is 6.59. The summed E-state index contributed by atoms with van der Waals surface area (Å²) in [6.45, 7) is 1.13. The first-order chi connectivity index (χ1) is 12.2. The van der Waals surface area contributed by atoms with E-state index in [1.807, 2.05) is 23.1 Å². The van der Waals surface area contributed by atoms with E-state index >= 15 is 0 Å². The summed E-state index contributed by atoms with van der Waals surface area (Å²) in [5.74, 6) is 1.87. The number of nitrogens with zero attached hydrogens (tertiary/aromatic N) is 5. The van der Waals surface area contributed by atoms with Crippen molar-refractivity contribution >= 4 is 28.4 Å². The first-order valence-electron chi connectivity index (χ1n) is 8.16. The number of aliphatic hydroxyl groups is 1. The Balaban J connectivity index is 1.54. The molecule has 1 aliphatic rings. The van der Waals surface area contributed by atoms with E-state index in [1.165, 1.54) is 6.33 Å². The summed E-state index contributed by atoms with van der Waals surface area (Å²) in [6, 6.07) is 7.64. The number of anilines is 3. The van der Waals surface area contributed by atoms with Gasteiger partial charge in [-0.1, -0.05) is 6.07 Å². The smallest absolute Gasteiger partial charge is 0.152 e. The minimum Gasteiger partial charge on any atom is -0.391 e. The van der Waals surface area contributed by atoms with Gasteiger partial charge in [0.05, 0.1) is 12.1 Å². The first kappa shape index (κ1) is 15.5. The van der Waals surface area contributed by atoms with E-state index in [2.05, 4.69) is 25.3 Å². The van der Waals surface area contributed by atoms with Crippen molar-refractivity contribution in [3.63, 3.8) is 0 Å². The fourth-order valence-electron chi connectivity index (χ4n) is 3.23. The van der Waals surface area contributed by atoms with Gasteiger partial charge < -0.3 is 21.1 Å². The molecule has 8 heteroatoms. The highest BCUT2D eigenvalue weighted by molar-refractivity contribution is 5.87. The maximum atomic E-state index is 10.1. The lowest BCUT2D eigenvalue weighted by atomic mass is 10.2. The van der Waals surface area contributed by atoms with E-state index in [0.29, 0.717) is 25.3 Å². The third-order valence-electron chi connectivity index (χ3n) is 4.39. The number of nitrogen functional groups attached to an aromatic ring is 1. The lowest BCUT2D eigenvalue weighted by Crippen LogP contribution is -2.35. The Morgan fingerprint density at radius 2 is 2.12 bits per heavy atom. The van der Waals surface area contributed by atoms with Gasteiger partial charge in [0.2, 0.25) is 0 Å². The molecule has 128 valence electrons. The van der Waals surface area contributed by atoms with Crippen LogP contribution >= 0.6 is 0 Å². The molecule has 8 nitrogen and oxygen atoms in total. The van der Waals surface area contributed by atoms with Crippen LogP contribution in [0.4, 0.5) is 17.5 Å². The Morgan fingerprint density at radius 1 is 1.20 bits per heavy atom. The van der Waals surface area contributed by atoms with Crippen molar-refractivity contribution in [3.05, 3.63) is 43.0 Å². The molecule has 4 N–H and O–H groups in total. The fraction of sp³-hybridized carbons (Fsp3) is 0.294. The standard InChI is InChI=1S/C17H19N7O/c18-14-7-15(23-10-22-14)24-9-13(25)6-12(24)8-21-17-16-11(3-5-20-17)2-1-4-19-16/h1-5,7,10,12-13,25H,6,8-9H2,(H,20,21)(H2,18,22,23)/t12-,13-/m1/s1. The molecule has 0 radical (unpaired) electrons. The average molecular weight is 337 g/mol. The highest BCUT2D eigenvalue weighted by Gasteiger charge is 2.32. The maximum absolute atomic E-state index is 10.1. The van der Waals surface area contributed by atoms with Gasteiger partial charge in [-0.25, -0.2) is 15.0 Å². The minimum absolute atomic E-state index is 0.0741. The van der Waals surface area contributed by atoms with Gasteiger partial charge in [0.1, 0.15) is 23.5 Å². The Hall–Kier alpha value is -3.00. The van der Waals surface area contributed by atoms with Crippen molar-refractivity contribution in [2.24, 2.45) is 0 Å². The summed E-state index contributed by atoms with van der Waals surface area (Å²) in [4.78, 5) is 19.1. The normalized spacial score (nSPS) is 20.1. The first-order valence-corrected chi connectivity index (χ1v) is 8.16. The van der Waals surface area contributed by atoms with Crippen molar-refractivity contribution in [1.82, 2.24) is 19.9 Å². The zero-order valence-electron chi connectivity index (χ0n) is 13.6. The predicted octanol–water partition coefficient (Wildman–Crippen LogP) is 1.05. The number of nitrogens with two attached hydrogens (primary N) is 1. The van der Waals surface area contributed by atoms with E-state index < -0.39 is 6.10 Å². The molecule has 0 amide bonds. The second-order valence-corrected chi connectivity index (χ2v) is 6.11. The molecule has 0 spiro atoms. The average Bonchev–Trinajstić information content (AvgIpc) is 3.01. The second-order valence-electron chi connectivity index (χ2n) is 6.11. The lowest BCUT2D eigenvalue weighted by molar-refractivity contribution is 0.194. The summed E-state index contributed by atoms with van der Waals surface area (Å²) in [7, 11) is 0. The molecule has 2 atom stereocenters. The topological polar surface area (TPSA) is 113 Å². The molecule has 25 heavy (non-hydrogen) atoms. The predicted molar refractivity (Wildman–Crippen MR) is 96.2 cm³/mol. The zero-order chi connectivity index (χ0) is 17.2. The number of hydrogen-bond donors (Lipinski definition) is 3. The Labute approximate surface area is 144 Å². The van der Waals surface area contributed by atoms with E-state index in [1.54, 1.807) is 18.5 Å². The molecule has 1 fully saturated rings. The van der Waals surface area contributed by atoms with Crippen molar-refractivity contribution < 1.29 is 5.11 Å². The van der Waals surface area contributed by atoms with Crippen LogP contribution in [0.25, 0.3) is 10.9 Å². The fourth-order valence-corrected chi connectivity index (χ4v) is 3.23. The summed E-state index contributed by atoms with van der Waals surface area (Å²) < 4.78 is 0. The number of hydrogen-bond acceptors (Lipinski definition) is 8. The third-order valence-corrected chi connectivity index (χ3v) is 4.39. The molecule has 3 aromatic heterocycles. The van der Waals surface area contributed by atoms with Crippen LogP contribution in [0.5, 0.6) is 0 Å². The van der Waals surface area contributed by atoms with Gasteiger partial charge in [-0.15, -0.1) is 0 Å². The minimum atomic E-state index is -0.401. The van der Waals surface area contributed by atoms with Gasteiger partial charge in [-0.05, 0) is 18.6 Å². The molecule has 0 aliphatic carbocycles. The van der Waals surface area contributed by atoms with E-state index in [-0.39, 0.29) is 6.04 Å². The van der Waals surface area contributed by atoms with E-state index in [0.717, 1.165) is 22.5 Å². The number of pyridine rings is 2. The zero-order valence-corrected chi connectivity index (χ0v) is 13.6. The van der Waals surface area contributed by atoms with Gasteiger partial charge in [-0.2, -0.15) is 0 Å². The third kappa shape index (κ3) is 3.16. The van der Waals surface area contributed by atoms with Crippen molar-refractivity contribution in [1.29, 1.82) is 0 Å². The van der Waals surface area contributed by atoms with Crippen LogP contribution in [0, 0.1) is 0 Å². The molecule has 1 saturated heterocycles. The summed E-state index contributed by atoms with van der Waals surface area (Å²) in [6.07, 6.45) is 5.20. The largest absolute Gasteiger partial charge is 0.391 e. The highest BCUT2D eigenvalue weighted by Crippen LogP contribution is 2.26. The van der Waals surface area contributed by atoms with Crippen LogP contribution < -0.4 is 16.0 Å². The molecule has 1 aliphatic heterocycles. The monoisotopic (exact) mass is 337 g/mol. The van der Waals surface area contributed by atoms with Crippen LogP contribution in [0.2, 0.25) is 0 Å². The van der Waals surface area contributed by atoms with E-state index in [4.69, 9.17) is 5.73 Å². The lowest BCUT2D eigenvalue weighted by Gasteiger charge is -2.25. The molecule has 0 aromatic carbocycles. The quantitative estimate of drug-likeness (QED) is 0.647. The van der Waals surface area contributed by atoms with Crippen molar-refractivity contribution in [2.45, 2.75) is 18.6 Å². The summed E-state index contributed by atoms with van der Waals surface area (Å²) in [5, 5.41) is 14.5. The number of nitrogens with one attached hydrogen (secondary N) is 1. The molecule has 0 saturated carbocycles. The highest BCUT2D eigenvalue weighted by atomic mass is 16.3. The molecular formula is C17H19N7O. The number of aromatic nitrogens is 4. The van der Waals surface area contributed by atoms with Gasteiger partial charge >= 0.3 is 0 Å². The van der Waals surface area contributed by atoms with Gasteiger partial charge in [0, 0.05) is 36.9 Å². The van der Waals surface area contributed by atoms with Gasteiger partial charge in [0.25, 0.3) is 0 Å². The number of β-amino-alcohol motifs (C(OH)–C–C–N with tert-alkyl or cyclic N) is 1. The molecule has 3 aromatic rings. The molecular weight excluding hydrogens is 318 g/mol. The Bertz CT molecular complexity index is 882. The Kier molecular flexibility index (Phi) is 4.02. The summed E-state index contributed by atoms with van der Waals surface area (Å²) >= 11 is 0. The van der Waals surface area contributed by atoms with Crippen molar-refractivity contribution in [2.75, 3.05) is 29.0 Å². The number of rotatable bonds is 4. The Morgan fingerprint density at radius 3 is 3.00 bits per heavy atom. The van der Waals surface area contributed by atoms with E-state index in [9.17, 15) is 5.11 Å². The number of fused-ring (bicyclic) bond motifs is 1. The van der Waals surface area contributed by atoms with Gasteiger partial charge in [0.15, 0.2) is 5.82 Å². The molecule has 4 rings (SSSR count). The second kappa shape index (κ2) is 6.48. The molecule has 4 heterocycles. The van der Waals surface area contributed by atoms with Gasteiger partial charge in [-0.3, -0.25) is 4.98 Å². The molecule has 0 bridgehead atoms. The maximum Gasteiger partial charge on any atom is 0.152 e. The SMILES string of the molecule is Nc1cc(N2C[C@H](O)C[C@@H]2CNc2nccc3cccnc23)ncn1. The van der Waals surface area contributed by atoms with Crippen LogP contribution in [0.3, 0.4) is 0 Å². The number of aliphatic hydroxyl groups excluding tert-OH is 1. The molecule has 0 unspecified atom stereocenters. The van der Waals surface area contributed by atoms with Crippen LogP contribution in [-0.4, -0.2) is 50.3 Å². The van der Waals surface area contributed by atoms with Crippen LogP contribution in [-0.2, 0) is 0 Å². The van der Waals surface area contributed by atoms with Crippen LogP contribution in [0.15, 0.2) is 43.0 Å². The van der Waals surface area contributed by atoms with Crippen LogP contribution in [0.1, 0.15) is 6.42 Å².